The van der Waals surface area contributed by atoms with Crippen molar-refractivity contribution in [1.82, 2.24) is 30.2 Å². The van der Waals surface area contributed by atoms with Crippen LogP contribution in [0.1, 0.15) is 18.4 Å². The van der Waals surface area contributed by atoms with Gasteiger partial charge in [0.05, 0.1) is 0 Å². The summed E-state index contributed by atoms with van der Waals surface area (Å²) in [6.07, 6.45) is 6.05. The molecule has 3 aromatic rings. The SMILES string of the molecule is c1cc(CN(c2ccc3nnnn3n2)C2CC2)ccn1. The minimum absolute atomic E-state index is 0.560. The first-order chi connectivity index (χ1) is 9.90. The number of pyridine rings is 1. The standard InChI is InChI=1S/C13H13N7/c1-2-11(1)19(9-10-5-7-14-8-6-10)13-4-3-12-15-17-18-20(12)16-13/h3-8,11H,1-2,9H2. The lowest BCUT2D eigenvalue weighted by Gasteiger charge is -2.23. The molecule has 0 N–H and O–H groups in total. The van der Waals surface area contributed by atoms with E-state index in [4.69, 9.17) is 0 Å². The zero-order chi connectivity index (χ0) is 13.4. The fourth-order valence-electron chi connectivity index (χ4n) is 2.26. The van der Waals surface area contributed by atoms with Gasteiger partial charge in [0, 0.05) is 25.0 Å². The third-order valence-electron chi connectivity index (χ3n) is 3.44. The highest BCUT2D eigenvalue weighted by Crippen LogP contribution is 2.31. The van der Waals surface area contributed by atoms with Gasteiger partial charge in [-0.15, -0.1) is 14.8 Å². The second kappa shape index (κ2) is 4.52. The molecule has 0 spiro atoms. The lowest BCUT2D eigenvalue weighted by molar-refractivity contribution is 0.699. The Labute approximate surface area is 115 Å². The van der Waals surface area contributed by atoms with E-state index in [0.717, 1.165) is 12.4 Å². The zero-order valence-corrected chi connectivity index (χ0v) is 10.8. The molecule has 1 aliphatic rings. The maximum Gasteiger partial charge on any atom is 0.200 e. The van der Waals surface area contributed by atoms with E-state index in [0.29, 0.717) is 11.7 Å². The maximum atomic E-state index is 4.48. The average Bonchev–Trinajstić information content (AvgIpc) is 3.22. The summed E-state index contributed by atoms with van der Waals surface area (Å²) < 4.78 is 1.47. The van der Waals surface area contributed by atoms with E-state index < -0.39 is 0 Å². The average molecular weight is 267 g/mol. The quantitative estimate of drug-likeness (QED) is 0.704. The van der Waals surface area contributed by atoms with Gasteiger partial charge in [-0.2, -0.15) is 0 Å². The molecular weight excluding hydrogens is 254 g/mol. The number of rotatable bonds is 4. The number of aromatic nitrogens is 6. The maximum absolute atomic E-state index is 4.48. The molecule has 0 aromatic carbocycles. The summed E-state index contributed by atoms with van der Waals surface area (Å²) in [6, 6.07) is 8.50. The van der Waals surface area contributed by atoms with Crippen molar-refractivity contribution < 1.29 is 0 Å². The van der Waals surface area contributed by atoms with Gasteiger partial charge in [0.2, 0.25) is 0 Å². The topological polar surface area (TPSA) is 72.1 Å². The first kappa shape index (κ1) is 11.3. The molecule has 1 fully saturated rings. The Morgan fingerprint density at radius 1 is 1.15 bits per heavy atom. The van der Waals surface area contributed by atoms with Crippen molar-refractivity contribution in [2.45, 2.75) is 25.4 Å². The molecular formula is C13H13N7. The second-order valence-electron chi connectivity index (χ2n) is 4.93. The van der Waals surface area contributed by atoms with Crippen molar-refractivity contribution in [2.75, 3.05) is 4.90 Å². The minimum Gasteiger partial charge on any atom is -0.348 e. The Balaban J connectivity index is 1.67. The Kier molecular flexibility index (Phi) is 2.55. The number of anilines is 1. The first-order valence-electron chi connectivity index (χ1n) is 6.61. The van der Waals surface area contributed by atoms with Crippen molar-refractivity contribution >= 4 is 11.5 Å². The van der Waals surface area contributed by atoms with Gasteiger partial charge in [-0.1, -0.05) is 0 Å². The Bertz CT molecular complexity index is 720. The smallest absolute Gasteiger partial charge is 0.200 e. The molecule has 0 aliphatic heterocycles. The van der Waals surface area contributed by atoms with Crippen LogP contribution in [0.5, 0.6) is 0 Å². The monoisotopic (exact) mass is 267 g/mol. The highest BCUT2D eigenvalue weighted by molar-refractivity contribution is 5.46. The normalized spacial score (nSPS) is 14.6. The summed E-state index contributed by atoms with van der Waals surface area (Å²) in [4.78, 5) is 6.36. The molecule has 3 heterocycles. The number of hydrogen-bond acceptors (Lipinski definition) is 6. The molecule has 7 heteroatoms. The number of tetrazole rings is 1. The van der Waals surface area contributed by atoms with Gasteiger partial charge in [0.15, 0.2) is 11.5 Å². The number of hydrogen-bond donors (Lipinski definition) is 0. The molecule has 0 atom stereocenters. The molecule has 7 nitrogen and oxygen atoms in total. The molecule has 0 saturated heterocycles. The largest absolute Gasteiger partial charge is 0.348 e. The van der Waals surface area contributed by atoms with E-state index in [1.807, 2.05) is 36.7 Å². The molecule has 1 aliphatic carbocycles. The molecule has 0 amide bonds. The highest BCUT2D eigenvalue weighted by atomic mass is 15.6. The highest BCUT2D eigenvalue weighted by Gasteiger charge is 2.30. The molecule has 1 saturated carbocycles. The van der Waals surface area contributed by atoms with Gasteiger partial charge in [-0.3, -0.25) is 4.98 Å². The third-order valence-corrected chi connectivity index (χ3v) is 3.44. The predicted molar refractivity (Wildman–Crippen MR) is 72.0 cm³/mol. The van der Waals surface area contributed by atoms with Crippen LogP contribution in [0.3, 0.4) is 0 Å². The lowest BCUT2D eigenvalue weighted by atomic mass is 10.2. The van der Waals surface area contributed by atoms with Crippen LogP contribution in [0.15, 0.2) is 36.7 Å². The Morgan fingerprint density at radius 3 is 2.80 bits per heavy atom. The summed E-state index contributed by atoms with van der Waals surface area (Å²) in [7, 11) is 0. The van der Waals surface area contributed by atoms with Gasteiger partial charge < -0.3 is 4.90 Å². The second-order valence-corrected chi connectivity index (χ2v) is 4.93. The van der Waals surface area contributed by atoms with Crippen LogP contribution < -0.4 is 4.90 Å². The van der Waals surface area contributed by atoms with Crippen molar-refractivity contribution in [3.63, 3.8) is 0 Å². The molecule has 0 bridgehead atoms. The molecule has 100 valence electrons. The summed E-state index contributed by atoms with van der Waals surface area (Å²) in [5.41, 5.74) is 1.89. The van der Waals surface area contributed by atoms with E-state index in [1.54, 1.807) is 0 Å². The van der Waals surface area contributed by atoms with Crippen LogP contribution >= 0.6 is 0 Å². The van der Waals surface area contributed by atoms with E-state index in [2.05, 4.69) is 30.5 Å². The van der Waals surface area contributed by atoms with Gasteiger partial charge in [0.1, 0.15) is 0 Å². The summed E-state index contributed by atoms with van der Waals surface area (Å²) in [6.45, 7) is 0.827. The minimum atomic E-state index is 0.560. The van der Waals surface area contributed by atoms with Crippen LogP contribution in [-0.2, 0) is 6.54 Å². The van der Waals surface area contributed by atoms with Crippen LogP contribution in [0.4, 0.5) is 5.82 Å². The summed E-state index contributed by atoms with van der Waals surface area (Å²) in [5.74, 6) is 0.907. The van der Waals surface area contributed by atoms with Gasteiger partial charge in [-0.05, 0) is 53.1 Å². The van der Waals surface area contributed by atoms with E-state index in [9.17, 15) is 0 Å². The predicted octanol–water partition coefficient (Wildman–Crippen LogP) is 1.08. The molecule has 3 aromatic heterocycles. The van der Waals surface area contributed by atoms with E-state index in [-0.39, 0.29) is 0 Å². The fourth-order valence-corrected chi connectivity index (χ4v) is 2.26. The Morgan fingerprint density at radius 2 is 2.00 bits per heavy atom. The molecule has 0 unspecified atom stereocenters. The number of fused-ring (bicyclic) bond motifs is 1. The van der Waals surface area contributed by atoms with Crippen LogP contribution in [0, 0.1) is 0 Å². The van der Waals surface area contributed by atoms with Crippen molar-refractivity contribution in [2.24, 2.45) is 0 Å². The fraction of sp³-hybridized carbons (Fsp3) is 0.308. The molecule has 0 radical (unpaired) electrons. The van der Waals surface area contributed by atoms with Gasteiger partial charge in [-0.25, -0.2) is 0 Å². The van der Waals surface area contributed by atoms with E-state index in [1.165, 1.54) is 23.0 Å². The zero-order valence-electron chi connectivity index (χ0n) is 10.8. The van der Waals surface area contributed by atoms with Gasteiger partial charge in [0.25, 0.3) is 0 Å². The van der Waals surface area contributed by atoms with E-state index >= 15 is 0 Å². The molecule has 20 heavy (non-hydrogen) atoms. The van der Waals surface area contributed by atoms with Crippen LogP contribution in [0.2, 0.25) is 0 Å². The molecule has 4 rings (SSSR count). The Hall–Kier alpha value is -2.57. The summed E-state index contributed by atoms with van der Waals surface area (Å²) in [5, 5.41) is 15.8. The summed E-state index contributed by atoms with van der Waals surface area (Å²) >= 11 is 0. The first-order valence-corrected chi connectivity index (χ1v) is 6.61. The third kappa shape index (κ3) is 2.07. The number of nitrogens with zero attached hydrogens (tertiary/aromatic N) is 7. The van der Waals surface area contributed by atoms with Crippen molar-refractivity contribution in [3.05, 3.63) is 42.2 Å². The van der Waals surface area contributed by atoms with Crippen molar-refractivity contribution in [1.29, 1.82) is 0 Å². The van der Waals surface area contributed by atoms with Crippen molar-refractivity contribution in [3.8, 4) is 0 Å². The van der Waals surface area contributed by atoms with Crippen LogP contribution in [0.25, 0.3) is 5.65 Å². The van der Waals surface area contributed by atoms with Gasteiger partial charge >= 0.3 is 0 Å². The van der Waals surface area contributed by atoms with Crippen LogP contribution in [-0.4, -0.2) is 36.3 Å². The lowest BCUT2D eigenvalue weighted by Crippen LogP contribution is -2.26.